The van der Waals surface area contributed by atoms with E-state index >= 15 is 0 Å². The monoisotopic (exact) mass is 388 g/mol. The third kappa shape index (κ3) is 4.68. The molecule has 7 nitrogen and oxygen atoms in total. The fourth-order valence-electron chi connectivity index (χ4n) is 3.42. The van der Waals surface area contributed by atoms with E-state index in [0.29, 0.717) is 37.0 Å². The van der Waals surface area contributed by atoms with Gasteiger partial charge in [0.1, 0.15) is 5.82 Å². The number of nitrogens with one attached hydrogen (secondary N) is 1. The molecular weight excluding hydrogens is 364 g/mol. The molecule has 1 N–H and O–H groups in total. The summed E-state index contributed by atoms with van der Waals surface area (Å²) >= 11 is 0. The lowest BCUT2D eigenvalue weighted by Crippen LogP contribution is -2.49. The molecule has 7 heteroatoms. The minimum absolute atomic E-state index is 0.0274. The summed E-state index contributed by atoms with van der Waals surface area (Å²) in [6, 6.07) is 13.7. The predicted molar refractivity (Wildman–Crippen MR) is 113 cm³/mol. The average Bonchev–Trinajstić information content (AvgIpc) is 2.78. The first-order chi connectivity index (χ1) is 14.2. The molecule has 0 saturated carbocycles. The van der Waals surface area contributed by atoms with Crippen molar-refractivity contribution in [3.05, 3.63) is 77.7 Å². The van der Waals surface area contributed by atoms with E-state index in [1.165, 1.54) is 11.1 Å². The number of hydrogen-bond donors (Lipinski definition) is 1. The van der Waals surface area contributed by atoms with Gasteiger partial charge in [-0.2, -0.15) is 0 Å². The molecule has 0 radical (unpaired) electrons. The number of aromatic nitrogens is 3. The van der Waals surface area contributed by atoms with Crippen LogP contribution in [-0.4, -0.2) is 51.9 Å². The quantitative estimate of drug-likeness (QED) is 0.724. The van der Waals surface area contributed by atoms with Crippen LogP contribution in [0.3, 0.4) is 0 Å². The lowest BCUT2D eigenvalue weighted by Gasteiger charge is -2.34. The molecule has 29 heavy (non-hydrogen) atoms. The van der Waals surface area contributed by atoms with Crippen LogP contribution in [0.5, 0.6) is 0 Å². The Balaban J connectivity index is 1.36. The van der Waals surface area contributed by atoms with E-state index in [9.17, 15) is 4.79 Å². The van der Waals surface area contributed by atoms with Crippen LogP contribution < -0.4 is 10.2 Å². The lowest BCUT2D eigenvalue weighted by atomic mass is 10.1. The van der Waals surface area contributed by atoms with Gasteiger partial charge in [0.15, 0.2) is 0 Å². The minimum atomic E-state index is 0.0274. The number of amides is 1. The summed E-state index contributed by atoms with van der Waals surface area (Å²) in [4.78, 5) is 29.8. The Morgan fingerprint density at radius 2 is 1.76 bits per heavy atom. The van der Waals surface area contributed by atoms with Crippen molar-refractivity contribution in [3.63, 3.8) is 0 Å². The summed E-state index contributed by atoms with van der Waals surface area (Å²) in [7, 11) is 0. The maximum Gasteiger partial charge on any atom is 0.254 e. The summed E-state index contributed by atoms with van der Waals surface area (Å²) in [5.74, 6) is 1.44. The van der Waals surface area contributed by atoms with Crippen LogP contribution in [0.1, 0.15) is 21.5 Å². The number of aryl methyl sites for hydroxylation is 1. The van der Waals surface area contributed by atoms with E-state index in [1.54, 1.807) is 30.7 Å². The maximum atomic E-state index is 12.9. The maximum absolute atomic E-state index is 12.9. The van der Waals surface area contributed by atoms with Crippen LogP contribution in [0, 0.1) is 6.92 Å². The Bertz CT molecular complexity index is 970. The van der Waals surface area contributed by atoms with Crippen molar-refractivity contribution in [2.24, 2.45) is 0 Å². The molecular formula is C22H24N6O. The summed E-state index contributed by atoms with van der Waals surface area (Å²) in [5, 5.41) is 3.31. The fraction of sp³-hybridized carbons (Fsp3) is 0.273. The predicted octanol–water partition coefficient (Wildman–Crippen LogP) is 2.75. The van der Waals surface area contributed by atoms with Crippen molar-refractivity contribution in [3.8, 4) is 0 Å². The van der Waals surface area contributed by atoms with Crippen LogP contribution >= 0.6 is 0 Å². The minimum Gasteiger partial charge on any atom is -0.366 e. The molecule has 4 rings (SSSR count). The van der Waals surface area contributed by atoms with Crippen LogP contribution in [0.2, 0.25) is 0 Å². The van der Waals surface area contributed by atoms with Gasteiger partial charge >= 0.3 is 0 Å². The second-order valence-corrected chi connectivity index (χ2v) is 7.10. The SMILES string of the molecule is Cc1cccc(CNc2cc(C(=O)N3CCN(c4ncccn4)CC3)ccn2)c1. The summed E-state index contributed by atoms with van der Waals surface area (Å²) in [5.41, 5.74) is 3.06. The van der Waals surface area contributed by atoms with Gasteiger partial charge in [-0.25, -0.2) is 15.0 Å². The first-order valence-corrected chi connectivity index (χ1v) is 9.76. The zero-order valence-electron chi connectivity index (χ0n) is 16.5. The van der Waals surface area contributed by atoms with Crippen molar-refractivity contribution in [2.75, 3.05) is 36.4 Å². The topological polar surface area (TPSA) is 74.2 Å². The summed E-state index contributed by atoms with van der Waals surface area (Å²) < 4.78 is 0. The van der Waals surface area contributed by atoms with Gasteiger partial charge in [-0.3, -0.25) is 4.79 Å². The number of hydrogen-bond acceptors (Lipinski definition) is 6. The Kier molecular flexibility index (Phi) is 5.65. The number of nitrogens with zero attached hydrogens (tertiary/aromatic N) is 5. The Hall–Kier alpha value is -3.48. The molecule has 148 valence electrons. The first-order valence-electron chi connectivity index (χ1n) is 9.76. The molecule has 1 amide bonds. The molecule has 0 aliphatic carbocycles. The Morgan fingerprint density at radius 1 is 0.966 bits per heavy atom. The number of benzene rings is 1. The van der Waals surface area contributed by atoms with E-state index in [0.717, 1.165) is 13.1 Å². The molecule has 0 unspecified atom stereocenters. The number of piperazine rings is 1. The van der Waals surface area contributed by atoms with E-state index in [1.807, 2.05) is 17.0 Å². The third-order valence-corrected chi connectivity index (χ3v) is 4.96. The zero-order chi connectivity index (χ0) is 20.1. The molecule has 0 bridgehead atoms. The van der Waals surface area contributed by atoms with Crippen LogP contribution in [0.25, 0.3) is 0 Å². The smallest absolute Gasteiger partial charge is 0.254 e. The molecule has 1 saturated heterocycles. The largest absolute Gasteiger partial charge is 0.366 e. The average molecular weight is 388 g/mol. The molecule has 1 aromatic carbocycles. The molecule has 1 fully saturated rings. The van der Waals surface area contributed by atoms with Crippen molar-refractivity contribution in [1.29, 1.82) is 0 Å². The van der Waals surface area contributed by atoms with Gasteiger partial charge in [0.2, 0.25) is 5.95 Å². The third-order valence-electron chi connectivity index (χ3n) is 4.96. The molecule has 0 spiro atoms. The lowest BCUT2D eigenvalue weighted by molar-refractivity contribution is 0.0746. The zero-order valence-corrected chi connectivity index (χ0v) is 16.5. The highest BCUT2D eigenvalue weighted by Crippen LogP contribution is 2.15. The fourth-order valence-corrected chi connectivity index (χ4v) is 3.42. The molecule has 2 aromatic heterocycles. The number of carbonyl (C=O) groups excluding carboxylic acids is 1. The van der Waals surface area contributed by atoms with Gasteiger partial charge in [0.05, 0.1) is 0 Å². The molecule has 1 aliphatic heterocycles. The molecule has 3 aromatic rings. The molecule has 1 aliphatic rings. The number of carbonyl (C=O) groups is 1. The highest BCUT2D eigenvalue weighted by molar-refractivity contribution is 5.95. The molecule has 0 atom stereocenters. The van der Waals surface area contributed by atoms with Crippen molar-refractivity contribution in [2.45, 2.75) is 13.5 Å². The van der Waals surface area contributed by atoms with E-state index in [-0.39, 0.29) is 5.91 Å². The van der Waals surface area contributed by atoms with Gasteiger partial charge < -0.3 is 15.1 Å². The van der Waals surface area contributed by atoms with E-state index in [4.69, 9.17) is 0 Å². The summed E-state index contributed by atoms with van der Waals surface area (Å²) in [6.45, 7) is 5.47. The Labute approximate surface area is 170 Å². The van der Waals surface area contributed by atoms with Crippen molar-refractivity contribution < 1.29 is 4.79 Å². The number of anilines is 2. The van der Waals surface area contributed by atoms with Crippen molar-refractivity contribution >= 4 is 17.7 Å². The van der Waals surface area contributed by atoms with Gasteiger partial charge in [-0.15, -0.1) is 0 Å². The van der Waals surface area contributed by atoms with Crippen molar-refractivity contribution in [1.82, 2.24) is 19.9 Å². The second-order valence-electron chi connectivity index (χ2n) is 7.10. The van der Waals surface area contributed by atoms with Gasteiger partial charge in [0.25, 0.3) is 5.91 Å². The van der Waals surface area contributed by atoms with Gasteiger partial charge in [-0.1, -0.05) is 29.8 Å². The van der Waals surface area contributed by atoms with Crippen LogP contribution in [0.15, 0.2) is 61.1 Å². The van der Waals surface area contributed by atoms with E-state index in [2.05, 4.69) is 50.3 Å². The summed E-state index contributed by atoms with van der Waals surface area (Å²) in [6.07, 6.45) is 5.16. The van der Waals surface area contributed by atoms with Gasteiger partial charge in [0, 0.05) is 56.9 Å². The normalized spacial score (nSPS) is 14.0. The van der Waals surface area contributed by atoms with Gasteiger partial charge in [-0.05, 0) is 30.7 Å². The first kappa shape index (κ1) is 18.9. The van der Waals surface area contributed by atoms with Crippen LogP contribution in [0.4, 0.5) is 11.8 Å². The van der Waals surface area contributed by atoms with Crippen LogP contribution in [-0.2, 0) is 6.54 Å². The standard InChI is InChI=1S/C22H24N6O/c1-17-4-2-5-18(14-17)16-26-20-15-19(6-9-23-20)21(29)27-10-12-28(13-11-27)22-24-7-3-8-25-22/h2-9,14-15H,10-13,16H2,1H3,(H,23,26). The second kappa shape index (κ2) is 8.68. The highest BCUT2D eigenvalue weighted by atomic mass is 16.2. The number of pyridine rings is 1. The molecule has 3 heterocycles. The highest BCUT2D eigenvalue weighted by Gasteiger charge is 2.23. The van der Waals surface area contributed by atoms with E-state index < -0.39 is 0 Å². The number of rotatable bonds is 5. The Morgan fingerprint density at radius 3 is 2.52 bits per heavy atom.